The molecule has 102 valence electrons. The van der Waals surface area contributed by atoms with Gasteiger partial charge in [0.2, 0.25) is 0 Å². The molecule has 0 aliphatic rings. The molecule has 0 saturated carbocycles. The van der Waals surface area contributed by atoms with E-state index < -0.39 is 11.7 Å². The SMILES string of the molecule is CC(C)(C)OC(=O)Nc1cc(/C=C/C=O)ccc1Cl. The van der Waals surface area contributed by atoms with Gasteiger partial charge in [0.25, 0.3) is 0 Å². The van der Waals surface area contributed by atoms with E-state index in [2.05, 4.69) is 5.32 Å². The zero-order valence-electron chi connectivity index (χ0n) is 11.1. The van der Waals surface area contributed by atoms with Gasteiger partial charge < -0.3 is 4.74 Å². The van der Waals surface area contributed by atoms with Crippen LogP contribution in [0.2, 0.25) is 5.02 Å². The molecule has 0 fully saturated rings. The minimum Gasteiger partial charge on any atom is -0.444 e. The molecule has 1 aromatic carbocycles. The lowest BCUT2D eigenvalue weighted by atomic mass is 10.2. The van der Waals surface area contributed by atoms with Gasteiger partial charge in [-0.2, -0.15) is 0 Å². The normalized spacial score (nSPS) is 11.4. The Kier molecular flexibility index (Phi) is 5.12. The number of rotatable bonds is 3. The van der Waals surface area contributed by atoms with Crippen molar-refractivity contribution in [3.05, 3.63) is 34.9 Å². The number of benzene rings is 1. The number of carbonyl (C=O) groups excluding carboxylic acids is 2. The van der Waals surface area contributed by atoms with Gasteiger partial charge in [0, 0.05) is 0 Å². The molecule has 0 spiro atoms. The zero-order chi connectivity index (χ0) is 14.5. The molecule has 0 saturated heterocycles. The molecule has 0 aliphatic heterocycles. The van der Waals surface area contributed by atoms with Gasteiger partial charge in [-0.05, 0) is 44.5 Å². The van der Waals surface area contributed by atoms with Crippen LogP contribution in [0.3, 0.4) is 0 Å². The minimum absolute atomic E-state index is 0.397. The predicted octanol–water partition coefficient (Wildman–Crippen LogP) is 3.90. The first-order valence-corrected chi connectivity index (χ1v) is 6.11. The van der Waals surface area contributed by atoms with Crippen LogP contribution in [0.4, 0.5) is 10.5 Å². The number of ether oxygens (including phenoxy) is 1. The van der Waals surface area contributed by atoms with E-state index in [-0.39, 0.29) is 0 Å². The smallest absolute Gasteiger partial charge is 0.412 e. The molecule has 0 radical (unpaired) electrons. The highest BCUT2D eigenvalue weighted by molar-refractivity contribution is 6.33. The van der Waals surface area contributed by atoms with Crippen LogP contribution in [0.15, 0.2) is 24.3 Å². The first kappa shape index (κ1) is 15.2. The highest BCUT2D eigenvalue weighted by Crippen LogP contribution is 2.24. The van der Waals surface area contributed by atoms with Crippen LogP contribution in [0.25, 0.3) is 6.08 Å². The minimum atomic E-state index is -0.578. The first-order chi connectivity index (χ1) is 8.81. The molecule has 1 aromatic rings. The summed E-state index contributed by atoms with van der Waals surface area (Å²) in [6, 6.07) is 5.04. The molecule has 4 nitrogen and oxygen atoms in total. The van der Waals surface area contributed by atoms with Crippen LogP contribution in [-0.4, -0.2) is 18.0 Å². The standard InChI is InChI=1S/C14H16ClNO3/c1-14(2,3)19-13(18)16-12-9-10(5-4-8-17)6-7-11(12)15/h4-9H,1-3H3,(H,16,18)/b5-4+. The molecule has 1 N–H and O–H groups in total. The number of hydrogen-bond acceptors (Lipinski definition) is 3. The molecule has 0 aromatic heterocycles. The number of aldehydes is 1. The van der Waals surface area contributed by atoms with Crippen LogP contribution < -0.4 is 5.32 Å². The summed E-state index contributed by atoms with van der Waals surface area (Å²) in [5.74, 6) is 0. The molecule has 0 unspecified atom stereocenters. The van der Waals surface area contributed by atoms with Crippen LogP contribution in [0.5, 0.6) is 0 Å². The van der Waals surface area contributed by atoms with Crippen LogP contribution in [-0.2, 0) is 9.53 Å². The summed E-state index contributed by atoms with van der Waals surface area (Å²) in [5.41, 5.74) is 0.609. The number of allylic oxidation sites excluding steroid dienone is 1. The number of carbonyl (C=O) groups is 2. The van der Waals surface area contributed by atoms with Crippen molar-refractivity contribution in [2.75, 3.05) is 5.32 Å². The molecule has 0 bridgehead atoms. The van der Waals surface area contributed by atoms with Crippen molar-refractivity contribution in [1.29, 1.82) is 0 Å². The van der Waals surface area contributed by atoms with Gasteiger partial charge in [0.15, 0.2) is 0 Å². The summed E-state index contributed by atoms with van der Waals surface area (Å²) in [4.78, 5) is 21.9. The quantitative estimate of drug-likeness (QED) is 0.675. The number of hydrogen-bond donors (Lipinski definition) is 1. The largest absolute Gasteiger partial charge is 0.444 e. The monoisotopic (exact) mass is 281 g/mol. The number of anilines is 1. The fourth-order valence-corrected chi connectivity index (χ4v) is 1.47. The summed E-state index contributed by atoms with van der Waals surface area (Å²) < 4.78 is 5.13. The van der Waals surface area contributed by atoms with Crippen molar-refractivity contribution in [2.24, 2.45) is 0 Å². The van der Waals surface area contributed by atoms with Gasteiger partial charge in [-0.1, -0.05) is 23.7 Å². The van der Waals surface area contributed by atoms with Crippen molar-refractivity contribution in [3.8, 4) is 0 Å². The van der Waals surface area contributed by atoms with Gasteiger partial charge in [-0.25, -0.2) is 4.79 Å². The highest BCUT2D eigenvalue weighted by Gasteiger charge is 2.17. The average Bonchev–Trinajstić information content (AvgIpc) is 2.27. The number of amides is 1. The Morgan fingerprint density at radius 1 is 1.37 bits per heavy atom. The second kappa shape index (κ2) is 6.38. The van der Waals surface area contributed by atoms with Gasteiger partial charge in [0.1, 0.15) is 11.9 Å². The molecular formula is C14H16ClNO3. The number of halogens is 1. The third-order valence-corrected chi connectivity index (χ3v) is 2.32. The van der Waals surface area contributed by atoms with Crippen LogP contribution in [0.1, 0.15) is 26.3 Å². The van der Waals surface area contributed by atoms with Gasteiger partial charge in [-0.3, -0.25) is 10.1 Å². The lowest BCUT2D eigenvalue weighted by molar-refractivity contribution is -0.104. The van der Waals surface area contributed by atoms with Crippen LogP contribution in [0, 0.1) is 0 Å². The van der Waals surface area contributed by atoms with E-state index in [1.165, 1.54) is 6.08 Å². The maximum atomic E-state index is 11.6. The van der Waals surface area contributed by atoms with Crippen molar-refractivity contribution in [1.82, 2.24) is 0 Å². The van der Waals surface area contributed by atoms with E-state index in [1.807, 2.05) is 0 Å². The van der Waals surface area contributed by atoms with Crippen molar-refractivity contribution in [3.63, 3.8) is 0 Å². The van der Waals surface area contributed by atoms with E-state index in [9.17, 15) is 9.59 Å². The van der Waals surface area contributed by atoms with E-state index in [0.29, 0.717) is 17.0 Å². The molecular weight excluding hydrogens is 266 g/mol. The molecule has 0 heterocycles. The predicted molar refractivity (Wildman–Crippen MR) is 76.4 cm³/mol. The van der Waals surface area contributed by atoms with E-state index >= 15 is 0 Å². The fraction of sp³-hybridized carbons (Fsp3) is 0.286. The second-order valence-electron chi connectivity index (χ2n) is 4.86. The van der Waals surface area contributed by atoms with E-state index in [4.69, 9.17) is 16.3 Å². The van der Waals surface area contributed by atoms with Crippen molar-refractivity contribution >= 4 is 35.7 Å². The summed E-state index contributed by atoms with van der Waals surface area (Å²) in [6.07, 6.45) is 3.07. The molecule has 0 atom stereocenters. The first-order valence-electron chi connectivity index (χ1n) is 5.73. The maximum absolute atomic E-state index is 11.6. The van der Waals surface area contributed by atoms with Gasteiger partial charge in [-0.15, -0.1) is 0 Å². The Morgan fingerprint density at radius 2 is 2.05 bits per heavy atom. The Bertz CT molecular complexity index is 504. The molecule has 0 aliphatic carbocycles. The zero-order valence-corrected chi connectivity index (χ0v) is 11.8. The van der Waals surface area contributed by atoms with Gasteiger partial charge >= 0.3 is 6.09 Å². The molecule has 1 rings (SSSR count). The lowest BCUT2D eigenvalue weighted by Gasteiger charge is -2.20. The molecule has 1 amide bonds. The highest BCUT2D eigenvalue weighted by atomic mass is 35.5. The third kappa shape index (κ3) is 5.57. The Labute approximate surface area is 117 Å². The van der Waals surface area contributed by atoms with Crippen molar-refractivity contribution < 1.29 is 14.3 Å². The second-order valence-corrected chi connectivity index (χ2v) is 5.27. The molecule has 19 heavy (non-hydrogen) atoms. The third-order valence-electron chi connectivity index (χ3n) is 1.99. The maximum Gasteiger partial charge on any atom is 0.412 e. The Balaban J connectivity index is 2.85. The summed E-state index contributed by atoms with van der Waals surface area (Å²) in [5, 5.41) is 2.97. The average molecular weight is 282 g/mol. The van der Waals surface area contributed by atoms with Crippen molar-refractivity contribution in [2.45, 2.75) is 26.4 Å². The van der Waals surface area contributed by atoms with E-state index in [0.717, 1.165) is 5.56 Å². The summed E-state index contributed by atoms with van der Waals surface area (Å²) >= 11 is 5.98. The topological polar surface area (TPSA) is 55.4 Å². The van der Waals surface area contributed by atoms with E-state index in [1.54, 1.807) is 45.0 Å². The summed E-state index contributed by atoms with van der Waals surface area (Å²) in [6.45, 7) is 5.33. The fourth-order valence-electron chi connectivity index (χ4n) is 1.31. The Hall–Kier alpha value is -1.81. The Morgan fingerprint density at radius 3 is 2.63 bits per heavy atom. The van der Waals surface area contributed by atoms with Crippen LogP contribution >= 0.6 is 11.6 Å². The summed E-state index contributed by atoms with van der Waals surface area (Å²) in [7, 11) is 0. The lowest BCUT2D eigenvalue weighted by Crippen LogP contribution is -2.27. The van der Waals surface area contributed by atoms with Gasteiger partial charge in [0.05, 0.1) is 10.7 Å². The molecule has 5 heteroatoms. The number of nitrogens with one attached hydrogen (secondary N) is 1.